The summed E-state index contributed by atoms with van der Waals surface area (Å²) in [6.45, 7) is 0. The average Bonchev–Trinajstić information content (AvgIpc) is 2.29. The number of aliphatic hydroxyl groups is 1. The van der Waals surface area contributed by atoms with Gasteiger partial charge in [-0.2, -0.15) is 0 Å². The molecule has 1 atom stereocenters. The highest BCUT2D eigenvalue weighted by molar-refractivity contribution is 5.34. The second-order valence-corrected chi connectivity index (χ2v) is 2.92. The van der Waals surface area contributed by atoms with Crippen molar-refractivity contribution in [3.05, 3.63) is 35.4 Å². The molecule has 0 radical (unpaired) electrons. The number of aryl methyl sites for hydroxylation is 1. The predicted octanol–water partition coefficient (Wildman–Crippen LogP) is 1.75. The van der Waals surface area contributed by atoms with Crippen molar-refractivity contribution in [2.75, 3.05) is 0 Å². The smallest absolute Gasteiger partial charge is 0.233 e. The van der Waals surface area contributed by atoms with E-state index in [1.165, 1.54) is 0 Å². The number of benzene rings is 1. The molecule has 1 unspecified atom stereocenters. The van der Waals surface area contributed by atoms with Crippen LogP contribution >= 0.6 is 0 Å². The van der Waals surface area contributed by atoms with Crippen LogP contribution in [-0.4, -0.2) is 5.11 Å². The zero-order valence-electron chi connectivity index (χ0n) is 6.05. The van der Waals surface area contributed by atoms with Crippen LogP contribution in [0, 0.1) is 0 Å². The van der Waals surface area contributed by atoms with Crippen LogP contribution in [0.4, 0.5) is 4.39 Å². The number of rotatable bonds is 0. The van der Waals surface area contributed by atoms with Crippen LogP contribution in [0.15, 0.2) is 24.3 Å². The molecule has 0 aliphatic heterocycles. The van der Waals surface area contributed by atoms with Crippen LogP contribution in [0.5, 0.6) is 0 Å². The van der Waals surface area contributed by atoms with E-state index in [0.29, 0.717) is 12.0 Å². The molecule has 2 heteroatoms. The Balaban J connectivity index is 2.56. The predicted molar refractivity (Wildman–Crippen MR) is 39.8 cm³/mol. The molecule has 1 aliphatic carbocycles. The van der Waals surface area contributed by atoms with E-state index in [2.05, 4.69) is 0 Å². The molecule has 0 aromatic heterocycles. The van der Waals surface area contributed by atoms with Gasteiger partial charge in [-0.05, 0) is 12.0 Å². The van der Waals surface area contributed by atoms with Crippen molar-refractivity contribution in [1.82, 2.24) is 0 Å². The normalized spacial score (nSPS) is 28.5. The highest BCUT2D eigenvalue weighted by atomic mass is 19.2. The van der Waals surface area contributed by atoms with Crippen LogP contribution in [0.2, 0.25) is 0 Å². The standard InChI is InChI=1S/C9H9FO/c10-9(11)6-5-7-3-1-2-4-8(7)9/h1-4,11H,5-6H2. The molecule has 58 valence electrons. The SMILES string of the molecule is OC1(F)CCc2ccccc21. The largest absolute Gasteiger partial charge is 0.358 e. The molecule has 0 bridgehead atoms. The van der Waals surface area contributed by atoms with Gasteiger partial charge in [0.2, 0.25) is 5.85 Å². The van der Waals surface area contributed by atoms with Crippen molar-refractivity contribution in [2.45, 2.75) is 18.7 Å². The molecule has 1 aromatic rings. The maximum absolute atomic E-state index is 13.2. The fourth-order valence-electron chi connectivity index (χ4n) is 1.55. The van der Waals surface area contributed by atoms with Crippen LogP contribution in [-0.2, 0) is 12.3 Å². The van der Waals surface area contributed by atoms with E-state index in [0.717, 1.165) is 5.56 Å². The quantitative estimate of drug-likeness (QED) is 0.600. The van der Waals surface area contributed by atoms with E-state index in [1.54, 1.807) is 12.1 Å². The van der Waals surface area contributed by atoms with Crippen LogP contribution in [0.25, 0.3) is 0 Å². The van der Waals surface area contributed by atoms with E-state index in [-0.39, 0.29) is 6.42 Å². The first-order valence-electron chi connectivity index (χ1n) is 3.70. The number of halogens is 1. The number of hydrogen-bond acceptors (Lipinski definition) is 1. The lowest BCUT2D eigenvalue weighted by atomic mass is 10.1. The zero-order valence-corrected chi connectivity index (χ0v) is 6.05. The molecule has 1 aromatic carbocycles. The Hall–Kier alpha value is -0.890. The Morgan fingerprint density at radius 3 is 2.82 bits per heavy atom. The van der Waals surface area contributed by atoms with Gasteiger partial charge in [-0.25, -0.2) is 4.39 Å². The molecule has 0 saturated heterocycles. The number of alkyl halides is 1. The summed E-state index contributed by atoms with van der Waals surface area (Å²) in [6.07, 6.45) is 0.843. The second-order valence-electron chi connectivity index (χ2n) is 2.92. The van der Waals surface area contributed by atoms with Gasteiger partial charge in [-0.1, -0.05) is 24.3 Å². The lowest BCUT2D eigenvalue weighted by Gasteiger charge is -2.11. The first-order chi connectivity index (χ1) is 5.20. The molecule has 0 amide bonds. The maximum atomic E-state index is 13.2. The van der Waals surface area contributed by atoms with Gasteiger partial charge in [0.1, 0.15) is 0 Å². The van der Waals surface area contributed by atoms with Crippen molar-refractivity contribution < 1.29 is 9.50 Å². The lowest BCUT2D eigenvalue weighted by Crippen LogP contribution is -2.13. The summed E-state index contributed by atoms with van der Waals surface area (Å²) >= 11 is 0. The second kappa shape index (κ2) is 2.05. The lowest BCUT2D eigenvalue weighted by molar-refractivity contribution is -0.0926. The Morgan fingerprint density at radius 1 is 1.36 bits per heavy atom. The minimum Gasteiger partial charge on any atom is -0.358 e. The van der Waals surface area contributed by atoms with Crippen molar-refractivity contribution in [2.24, 2.45) is 0 Å². The third-order valence-corrected chi connectivity index (χ3v) is 2.16. The van der Waals surface area contributed by atoms with Crippen LogP contribution in [0.3, 0.4) is 0 Å². The zero-order chi connectivity index (χ0) is 7.90. The summed E-state index contributed by atoms with van der Waals surface area (Å²) in [7, 11) is 0. The van der Waals surface area contributed by atoms with Crippen LogP contribution in [0.1, 0.15) is 17.5 Å². The van der Waals surface area contributed by atoms with Gasteiger partial charge < -0.3 is 5.11 Å². The Labute approximate surface area is 64.5 Å². The summed E-state index contributed by atoms with van der Waals surface area (Å²) in [4.78, 5) is 0. The summed E-state index contributed by atoms with van der Waals surface area (Å²) in [5, 5.41) is 9.18. The molecule has 0 heterocycles. The molecule has 11 heavy (non-hydrogen) atoms. The molecule has 1 nitrogen and oxygen atoms in total. The summed E-state index contributed by atoms with van der Waals surface area (Å²) in [5.74, 6) is -2.07. The van der Waals surface area contributed by atoms with Crippen molar-refractivity contribution in [3.63, 3.8) is 0 Å². The Bertz CT molecular complexity index is 281. The van der Waals surface area contributed by atoms with Gasteiger partial charge in [0.15, 0.2) is 0 Å². The first kappa shape index (κ1) is 6.80. The molecule has 1 aliphatic rings. The van der Waals surface area contributed by atoms with Gasteiger partial charge in [0, 0.05) is 12.0 Å². The molecule has 0 spiro atoms. The molecule has 0 saturated carbocycles. The Morgan fingerprint density at radius 2 is 2.09 bits per heavy atom. The fourth-order valence-corrected chi connectivity index (χ4v) is 1.55. The minimum absolute atomic E-state index is 0.201. The maximum Gasteiger partial charge on any atom is 0.233 e. The summed E-state index contributed by atoms with van der Waals surface area (Å²) in [6, 6.07) is 7.10. The summed E-state index contributed by atoms with van der Waals surface area (Å²) in [5.41, 5.74) is 1.37. The molecular formula is C9H9FO. The fraction of sp³-hybridized carbons (Fsp3) is 0.333. The third kappa shape index (κ3) is 0.942. The van der Waals surface area contributed by atoms with Gasteiger partial charge in [-0.3, -0.25) is 0 Å². The topological polar surface area (TPSA) is 20.2 Å². The van der Waals surface area contributed by atoms with Crippen molar-refractivity contribution in [3.8, 4) is 0 Å². The first-order valence-corrected chi connectivity index (χ1v) is 3.70. The van der Waals surface area contributed by atoms with Crippen molar-refractivity contribution in [1.29, 1.82) is 0 Å². The van der Waals surface area contributed by atoms with Gasteiger partial charge in [-0.15, -0.1) is 0 Å². The molecule has 2 rings (SSSR count). The van der Waals surface area contributed by atoms with Gasteiger partial charge in [0.25, 0.3) is 0 Å². The highest BCUT2D eigenvalue weighted by Gasteiger charge is 2.35. The van der Waals surface area contributed by atoms with E-state index in [9.17, 15) is 9.50 Å². The van der Waals surface area contributed by atoms with E-state index < -0.39 is 5.85 Å². The van der Waals surface area contributed by atoms with E-state index in [4.69, 9.17) is 0 Å². The van der Waals surface area contributed by atoms with E-state index >= 15 is 0 Å². The molecule has 1 N–H and O–H groups in total. The Kier molecular flexibility index (Phi) is 1.26. The van der Waals surface area contributed by atoms with E-state index in [1.807, 2.05) is 12.1 Å². The number of fused-ring (bicyclic) bond motifs is 1. The van der Waals surface area contributed by atoms with Crippen LogP contribution < -0.4 is 0 Å². The monoisotopic (exact) mass is 152 g/mol. The minimum atomic E-state index is -2.07. The van der Waals surface area contributed by atoms with Crippen molar-refractivity contribution >= 4 is 0 Å². The van der Waals surface area contributed by atoms with Gasteiger partial charge in [0.05, 0.1) is 0 Å². The third-order valence-electron chi connectivity index (χ3n) is 2.16. The highest BCUT2D eigenvalue weighted by Crippen LogP contribution is 2.37. The molecular weight excluding hydrogens is 143 g/mol. The molecule has 0 fully saturated rings. The van der Waals surface area contributed by atoms with Gasteiger partial charge >= 0.3 is 0 Å². The number of hydrogen-bond donors (Lipinski definition) is 1. The average molecular weight is 152 g/mol. The summed E-state index contributed by atoms with van der Waals surface area (Å²) < 4.78 is 13.2.